The summed E-state index contributed by atoms with van der Waals surface area (Å²) in [5.74, 6) is 0. The van der Waals surface area contributed by atoms with Crippen molar-refractivity contribution in [3.8, 4) is 11.1 Å². The van der Waals surface area contributed by atoms with E-state index in [4.69, 9.17) is 4.74 Å². The van der Waals surface area contributed by atoms with Gasteiger partial charge in [0.1, 0.15) is 5.60 Å². The lowest BCUT2D eigenvalue weighted by molar-refractivity contribution is -0.0828. The average Bonchev–Trinajstić information content (AvgIpc) is 2.61. The fraction of sp³-hybridized carbons (Fsp3) is 0.280. The average molecular weight is 342 g/mol. The second-order valence-electron chi connectivity index (χ2n) is 8.43. The number of rotatable bonds is 3. The van der Waals surface area contributed by atoms with Crippen LogP contribution in [0.5, 0.6) is 0 Å². The maximum atomic E-state index is 6.77. The highest BCUT2D eigenvalue weighted by Crippen LogP contribution is 2.56. The lowest BCUT2D eigenvalue weighted by atomic mass is 9.62. The number of fused-ring (bicyclic) bond motifs is 2. The Labute approximate surface area is 156 Å². The zero-order chi connectivity index (χ0) is 18.5. The summed E-state index contributed by atoms with van der Waals surface area (Å²) in [6.07, 6.45) is 0. The third kappa shape index (κ3) is 2.27. The SMILES string of the molecule is C=C(C)COC1(C(C)(C)C)c2ccccc2-c2cccc3cccc1c23. The highest BCUT2D eigenvalue weighted by Gasteiger charge is 2.50. The molecule has 0 spiro atoms. The minimum absolute atomic E-state index is 0.125. The fourth-order valence-electron chi connectivity index (χ4n) is 4.44. The van der Waals surface area contributed by atoms with Crippen LogP contribution in [0.15, 0.2) is 72.8 Å². The van der Waals surface area contributed by atoms with Crippen LogP contribution >= 0.6 is 0 Å². The van der Waals surface area contributed by atoms with E-state index in [-0.39, 0.29) is 5.41 Å². The number of benzene rings is 3. The molecule has 1 aliphatic carbocycles. The van der Waals surface area contributed by atoms with Crippen LogP contribution in [0.25, 0.3) is 21.9 Å². The molecule has 0 aliphatic heterocycles. The van der Waals surface area contributed by atoms with Crippen molar-refractivity contribution < 1.29 is 4.74 Å². The Balaban J connectivity index is 2.17. The number of hydrogen-bond donors (Lipinski definition) is 0. The topological polar surface area (TPSA) is 9.23 Å². The van der Waals surface area contributed by atoms with Crippen molar-refractivity contribution in [3.63, 3.8) is 0 Å². The van der Waals surface area contributed by atoms with Crippen LogP contribution in [0, 0.1) is 5.41 Å². The molecule has 0 N–H and O–H groups in total. The summed E-state index contributed by atoms with van der Waals surface area (Å²) in [5.41, 5.74) is 5.48. The molecule has 132 valence electrons. The van der Waals surface area contributed by atoms with Gasteiger partial charge < -0.3 is 4.74 Å². The number of hydrogen-bond acceptors (Lipinski definition) is 1. The highest BCUT2D eigenvalue weighted by molar-refractivity contribution is 6.03. The third-order valence-corrected chi connectivity index (χ3v) is 5.47. The maximum Gasteiger partial charge on any atom is 0.125 e. The van der Waals surface area contributed by atoms with Crippen LogP contribution in [0.4, 0.5) is 0 Å². The van der Waals surface area contributed by atoms with Gasteiger partial charge in [0.05, 0.1) is 6.61 Å². The fourth-order valence-corrected chi connectivity index (χ4v) is 4.44. The van der Waals surface area contributed by atoms with Crippen LogP contribution in [0.2, 0.25) is 0 Å². The predicted molar refractivity (Wildman–Crippen MR) is 110 cm³/mol. The smallest absolute Gasteiger partial charge is 0.125 e. The second-order valence-corrected chi connectivity index (χ2v) is 8.43. The molecule has 3 aromatic carbocycles. The van der Waals surface area contributed by atoms with E-state index in [1.165, 1.54) is 33.0 Å². The van der Waals surface area contributed by atoms with E-state index in [0.717, 1.165) is 5.57 Å². The molecule has 1 aliphatic rings. The summed E-state index contributed by atoms with van der Waals surface area (Å²) in [6.45, 7) is 13.5. The van der Waals surface area contributed by atoms with Gasteiger partial charge in [-0.15, -0.1) is 0 Å². The molecule has 0 fully saturated rings. The van der Waals surface area contributed by atoms with Gasteiger partial charge in [0.25, 0.3) is 0 Å². The lowest BCUT2D eigenvalue weighted by Crippen LogP contribution is -2.46. The Morgan fingerprint density at radius 3 is 2.19 bits per heavy atom. The Bertz CT molecular complexity index is 1000. The van der Waals surface area contributed by atoms with Crippen molar-refractivity contribution in [2.75, 3.05) is 6.61 Å². The Hall–Kier alpha value is -2.38. The summed E-state index contributed by atoms with van der Waals surface area (Å²) >= 11 is 0. The first-order chi connectivity index (χ1) is 12.4. The standard InChI is InChI=1S/C25H26O/c1-17(2)16-26-25(24(3,4)5)21-14-7-6-12-19(21)20-13-8-10-18-11-9-15-22(25)23(18)20/h6-15H,1,16H2,2-5H3. The van der Waals surface area contributed by atoms with Gasteiger partial charge in [0.2, 0.25) is 0 Å². The molecule has 0 amide bonds. The van der Waals surface area contributed by atoms with E-state index in [1.54, 1.807) is 0 Å². The molecule has 1 nitrogen and oxygen atoms in total. The quantitative estimate of drug-likeness (QED) is 0.481. The van der Waals surface area contributed by atoms with E-state index >= 15 is 0 Å². The van der Waals surface area contributed by atoms with E-state index in [9.17, 15) is 0 Å². The molecule has 1 atom stereocenters. The molecular formula is C25H26O. The first kappa shape index (κ1) is 17.1. The van der Waals surface area contributed by atoms with Crippen molar-refractivity contribution >= 4 is 10.8 Å². The molecular weight excluding hydrogens is 316 g/mol. The maximum absolute atomic E-state index is 6.77. The van der Waals surface area contributed by atoms with E-state index < -0.39 is 5.60 Å². The van der Waals surface area contributed by atoms with E-state index in [0.29, 0.717) is 6.61 Å². The van der Waals surface area contributed by atoms with Gasteiger partial charge in [-0.2, -0.15) is 0 Å². The van der Waals surface area contributed by atoms with Crippen LogP contribution in [0.1, 0.15) is 38.8 Å². The van der Waals surface area contributed by atoms with Gasteiger partial charge in [-0.3, -0.25) is 0 Å². The molecule has 0 saturated carbocycles. The normalized spacial score (nSPS) is 18.6. The molecule has 1 unspecified atom stereocenters. The zero-order valence-corrected chi connectivity index (χ0v) is 16.1. The van der Waals surface area contributed by atoms with Gasteiger partial charge in [0.15, 0.2) is 0 Å². The van der Waals surface area contributed by atoms with Crippen molar-refractivity contribution in [1.82, 2.24) is 0 Å². The molecule has 26 heavy (non-hydrogen) atoms. The van der Waals surface area contributed by atoms with Crippen LogP contribution in [-0.2, 0) is 10.3 Å². The summed E-state index contributed by atoms with van der Waals surface area (Å²) in [4.78, 5) is 0. The summed E-state index contributed by atoms with van der Waals surface area (Å²) in [7, 11) is 0. The van der Waals surface area contributed by atoms with Crippen molar-refractivity contribution in [3.05, 3.63) is 83.9 Å². The molecule has 1 heteroatoms. The van der Waals surface area contributed by atoms with Gasteiger partial charge in [-0.1, -0.05) is 93.6 Å². The van der Waals surface area contributed by atoms with Crippen molar-refractivity contribution in [1.29, 1.82) is 0 Å². The van der Waals surface area contributed by atoms with Crippen LogP contribution in [0.3, 0.4) is 0 Å². The minimum Gasteiger partial charge on any atom is -0.361 e. The summed E-state index contributed by atoms with van der Waals surface area (Å²) < 4.78 is 6.77. The monoisotopic (exact) mass is 342 g/mol. The molecule has 0 aromatic heterocycles. The van der Waals surface area contributed by atoms with Crippen molar-refractivity contribution in [2.45, 2.75) is 33.3 Å². The molecule has 0 saturated heterocycles. The molecule has 0 radical (unpaired) electrons. The number of ether oxygens (including phenoxy) is 1. The first-order valence-corrected chi connectivity index (χ1v) is 9.27. The second kappa shape index (κ2) is 5.82. The molecule has 0 heterocycles. The lowest BCUT2D eigenvalue weighted by Gasteiger charge is -2.49. The minimum atomic E-state index is -0.517. The Kier molecular flexibility index (Phi) is 3.82. The highest BCUT2D eigenvalue weighted by atomic mass is 16.5. The molecule has 0 bridgehead atoms. The van der Waals surface area contributed by atoms with E-state index in [2.05, 4.69) is 88.0 Å². The van der Waals surface area contributed by atoms with Crippen LogP contribution in [-0.4, -0.2) is 6.61 Å². The summed E-state index contributed by atoms with van der Waals surface area (Å²) in [5, 5.41) is 2.58. The Morgan fingerprint density at radius 2 is 1.50 bits per heavy atom. The van der Waals surface area contributed by atoms with Gasteiger partial charge in [-0.25, -0.2) is 0 Å². The van der Waals surface area contributed by atoms with Gasteiger partial charge in [0, 0.05) is 0 Å². The van der Waals surface area contributed by atoms with E-state index in [1.807, 2.05) is 6.92 Å². The third-order valence-electron chi connectivity index (χ3n) is 5.47. The summed E-state index contributed by atoms with van der Waals surface area (Å²) in [6, 6.07) is 21.9. The first-order valence-electron chi connectivity index (χ1n) is 9.27. The van der Waals surface area contributed by atoms with Gasteiger partial charge in [-0.05, 0) is 45.4 Å². The molecule has 4 rings (SSSR count). The Morgan fingerprint density at radius 1 is 0.885 bits per heavy atom. The van der Waals surface area contributed by atoms with Crippen molar-refractivity contribution in [2.24, 2.45) is 5.41 Å². The molecule has 3 aromatic rings. The zero-order valence-electron chi connectivity index (χ0n) is 16.1. The van der Waals surface area contributed by atoms with Gasteiger partial charge >= 0.3 is 0 Å². The largest absolute Gasteiger partial charge is 0.361 e. The predicted octanol–water partition coefficient (Wildman–Crippen LogP) is 6.70. The van der Waals surface area contributed by atoms with Crippen LogP contribution < -0.4 is 0 Å².